The Kier molecular flexibility index (Phi) is 8.35. The zero-order valence-corrected chi connectivity index (χ0v) is 21.2. The van der Waals surface area contributed by atoms with Crippen LogP contribution >= 0.6 is 0 Å². The molecular weight excluding hydrogens is 444 g/mol. The van der Waals surface area contributed by atoms with Crippen molar-refractivity contribution in [1.29, 1.82) is 0 Å². The van der Waals surface area contributed by atoms with Gasteiger partial charge in [-0.1, -0.05) is 39.8 Å². The van der Waals surface area contributed by atoms with Crippen LogP contribution in [0.2, 0.25) is 0 Å². The number of aliphatic hydroxyl groups excluding tert-OH is 1. The summed E-state index contributed by atoms with van der Waals surface area (Å²) in [6.07, 6.45) is 0. The van der Waals surface area contributed by atoms with E-state index in [2.05, 4.69) is 39.1 Å². The van der Waals surface area contributed by atoms with Gasteiger partial charge in [-0.2, -0.15) is 0 Å². The third kappa shape index (κ3) is 6.31. The predicted octanol–water partition coefficient (Wildman–Crippen LogP) is 5.54. The molecule has 2 aromatic heterocycles. The Morgan fingerprint density at radius 3 is 1.77 bits per heavy atom. The summed E-state index contributed by atoms with van der Waals surface area (Å²) in [5.74, 6) is 1.18. The van der Waals surface area contributed by atoms with Crippen LogP contribution < -0.4 is 5.32 Å². The maximum Gasteiger partial charge on any atom is 0.289 e. The first-order chi connectivity index (χ1) is 16.6. The van der Waals surface area contributed by atoms with E-state index in [1.807, 2.05) is 36.4 Å². The Hall–Kier alpha value is -3.58. The minimum absolute atomic E-state index is 0.0799. The second-order valence-corrected chi connectivity index (χ2v) is 9.30. The highest BCUT2D eigenvalue weighted by atomic mass is 16.4. The molecule has 0 spiro atoms. The van der Waals surface area contributed by atoms with Crippen molar-refractivity contribution >= 4 is 33.8 Å². The van der Waals surface area contributed by atoms with Crippen molar-refractivity contribution in [3.05, 3.63) is 71.2 Å². The SMILES string of the molecule is CC(C)c1ccc2oc(C(=O)N(C)C)cc2c1.CC(C)c1ccc2oc(C(=O)NCCO)cc2c1. The van der Waals surface area contributed by atoms with Crippen LogP contribution in [0.15, 0.2) is 57.4 Å². The van der Waals surface area contributed by atoms with Gasteiger partial charge in [0.1, 0.15) is 11.2 Å². The molecule has 0 saturated heterocycles. The summed E-state index contributed by atoms with van der Waals surface area (Å²) >= 11 is 0. The standard InChI is InChI=1S/C14H17NO3.C14H17NO2/c1-9(2)10-3-4-12-11(7-10)8-13(18-12)14(17)15-5-6-16;1-9(2)10-5-6-12-11(7-10)8-13(17-12)14(16)15(3)4/h3-4,7-9,16H,5-6H2,1-2H3,(H,15,17);5-9H,1-4H3. The fourth-order valence-electron chi connectivity index (χ4n) is 3.54. The Morgan fingerprint density at radius 2 is 1.31 bits per heavy atom. The molecule has 0 unspecified atom stereocenters. The number of furan rings is 2. The van der Waals surface area contributed by atoms with Crippen LogP contribution in [0.5, 0.6) is 0 Å². The summed E-state index contributed by atoms with van der Waals surface area (Å²) in [7, 11) is 3.43. The molecule has 2 amide bonds. The largest absolute Gasteiger partial charge is 0.451 e. The Bertz CT molecular complexity index is 1310. The quantitative estimate of drug-likeness (QED) is 0.380. The second-order valence-electron chi connectivity index (χ2n) is 9.30. The third-order valence-corrected chi connectivity index (χ3v) is 5.65. The molecule has 0 bridgehead atoms. The summed E-state index contributed by atoms with van der Waals surface area (Å²) < 4.78 is 11.0. The lowest BCUT2D eigenvalue weighted by Crippen LogP contribution is -2.25. The number of nitrogens with zero attached hydrogens (tertiary/aromatic N) is 1. The molecule has 2 heterocycles. The number of amides is 2. The number of rotatable bonds is 6. The van der Waals surface area contributed by atoms with Gasteiger partial charge in [-0.3, -0.25) is 9.59 Å². The number of hydrogen-bond donors (Lipinski definition) is 2. The molecule has 35 heavy (non-hydrogen) atoms. The van der Waals surface area contributed by atoms with E-state index in [9.17, 15) is 9.59 Å². The van der Waals surface area contributed by atoms with E-state index in [0.29, 0.717) is 23.2 Å². The summed E-state index contributed by atoms with van der Waals surface area (Å²) in [5, 5.41) is 13.1. The molecule has 186 valence electrons. The molecular formula is C28H34N2O5. The van der Waals surface area contributed by atoms with E-state index in [1.165, 1.54) is 16.0 Å². The molecule has 2 aromatic carbocycles. The fourth-order valence-corrected chi connectivity index (χ4v) is 3.54. The van der Waals surface area contributed by atoms with Crippen molar-refractivity contribution in [3.63, 3.8) is 0 Å². The van der Waals surface area contributed by atoms with Crippen molar-refractivity contribution in [2.24, 2.45) is 0 Å². The average Bonchev–Trinajstić information content (AvgIpc) is 3.45. The zero-order chi connectivity index (χ0) is 25.7. The first-order valence-electron chi connectivity index (χ1n) is 11.8. The number of nitrogens with one attached hydrogen (secondary N) is 1. The molecule has 7 heteroatoms. The first kappa shape index (κ1) is 26.0. The van der Waals surface area contributed by atoms with E-state index in [4.69, 9.17) is 13.9 Å². The van der Waals surface area contributed by atoms with Gasteiger partial charge in [0, 0.05) is 31.4 Å². The molecule has 7 nitrogen and oxygen atoms in total. The maximum atomic E-state index is 11.8. The van der Waals surface area contributed by atoms with Gasteiger partial charge in [0.2, 0.25) is 0 Å². The normalized spacial score (nSPS) is 11.1. The summed E-state index contributed by atoms with van der Waals surface area (Å²) in [6.45, 7) is 8.68. The summed E-state index contributed by atoms with van der Waals surface area (Å²) in [5.41, 5.74) is 3.93. The second kappa shape index (κ2) is 11.2. The van der Waals surface area contributed by atoms with Gasteiger partial charge < -0.3 is 24.2 Å². The molecule has 0 radical (unpaired) electrons. The van der Waals surface area contributed by atoms with Gasteiger partial charge >= 0.3 is 0 Å². The number of benzene rings is 2. The molecule has 0 atom stereocenters. The molecule has 2 N–H and O–H groups in total. The Morgan fingerprint density at radius 1 is 0.829 bits per heavy atom. The number of hydrogen-bond acceptors (Lipinski definition) is 5. The molecule has 4 aromatic rings. The molecule has 0 aliphatic heterocycles. The summed E-state index contributed by atoms with van der Waals surface area (Å²) in [4.78, 5) is 25.0. The maximum absolute atomic E-state index is 11.8. The number of carbonyl (C=O) groups is 2. The smallest absolute Gasteiger partial charge is 0.289 e. The molecule has 0 saturated carbocycles. The molecule has 0 aliphatic carbocycles. The lowest BCUT2D eigenvalue weighted by Gasteiger charge is -2.06. The lowest BCUT2D eigenvalue weighted by molar-refractivity contribution is 0.0798. The van der Waals surface area contributed by atoms with Crippen LogP contribution in [0.1, 0.15) is 71.8 Å². The Balaban J connectivity index is 0.000000196. The van der Waals surface area contributed by atoms with E-state index in [0.717, 1.165) is 16.4 Å². The van der Waals surface area contributed by atoms with Crippen LogP contribution in [-0.2, 0) is 0 Å². The topological polar surface area (TPSA) is 95.9 Å². The van der Waals surface area contributed by atoms with Gasteiger partial charge in [-0.15, -0.1) is 0 Å². The van der Waals surface area contributed by atoms with Crippen LogP contribution in [0, 0.1) is 0 Å². The monoisotopic (exact) mass is 478 g/mol. The van der Waals surface area contributed by atoms with Crippen molar-refractivity contribution in [2.75, 3.05) is 27.2 Å². The highest BCUT2D eigenvalue weighted by Crippen LogP contribution is 2.25. The van der Waals surface area contributed by atoms with Gasteiger partial charge in [-0.05, 0) is 59.4 Å². The van der Waals surface area contributed by atoms with Gasteiger partial charge in [0.25, 0.3) is 11.8 Å². The molecule has 0 fully saturated rings. The number of fused-ring (bicyclic) bond motifs is 2. The van der Waals surface area contributed by atoms with E-state index < -0.39 is 0 Å². The lowest BCUT2D eigenvalue weighted by atomic mass is 10.0. The van der Waals surface area contributed by atoms with Crippen molar-refractivity contribution < 1.29 is 23.5 Å². The van der Waals surface area contributed by atoms with Crippen LogP contribution in [0.4, 0.5) is 0 Å². The van der Waals surface area contributed by atoms with Gasteiger partial charge in [0.15, 0.2) is 11.5 Å². The number of aliphatic hydroxyl groups is 1. The molecule has 0 aliphatic rings. The minimum Gasteiger partial charge on any atom is -0.451 e. The third-order valence-electron chi connectivity index (χ3n) is 5.65. The van der Waals surface area contributed by atoms with E-state index in [1.54, 1.807) is 20.2 Å². The zero-order valence-electron chi connectivity index (χ0n) is 21.2. The van der Waals surface area contributed by atoms with Crippen molar-refractivity contribution in [3.8, 4) is 0 Å². The van der Waals surface area contributed by atoms with E-state index in [-0.39, 0.29) is 30.7 Å². The Labute approximate surface area is 205 Å². The van der Waals surface area contributed by atoms with Gasteiger partial charge in [-0.25, -0.2) is 0 Å². The van der Waals surface area contributed by atoms with Crippen LogP contribution in [-0.4, -0.2) is 49.1 Å². The van der Waals surface area contributed by atoms with Crippen LogP contribution in [0.3, 0.4) is 0 Å². The highest BCUT2D eigenvalue weighted by molar-refractivity contribution is 5.96. The molecule has 4 rings (SSSR count). The minimum atomic E-state index is -0.300. The summed E-state index contributed by atoms with van der Waals surface area (Å²) in [6, 6.07) is 15.5. The predicted molar refractivity (Wildman–Crippen MR) is 138 cm³/mol. The van der Waals surface area contributed by atoms with Crippen molar-refractivity contribution in [1.82, 2.24) is 10.2 Å². The van der Waals surface area contributed by atoms with Gasteiger partial charge in [0.05, 0.1) is 6.61 Å². The average molecular weight is 479 g/mol. The highest BCUT2D eigenvalue weighted by Gasteiger charge is 2.15. The fraction of sp³-hybridized carbons (Fsp3) is 0.357. The van der Waals surface area contributed by atoms with E-state index >= 15 is 0 Å². The van der Waals surface area contributed by atoms with Crippen molar-refractivity contribution in [2.45, 2.75) is 39.5 Å². The first-order valence-corrected chi connectivity index (χ1v) is 11.8. The van der Waals surface area contributed by atoms with Crippen LogP contribution in [0.25, 0.3) is 21.9 Å². The number of carbonyl (C=O) groups excluding carboxylic acids is 2.